The number of benzene rings is 4. The van der Waals surface area contributed by atoms with E-state index in [1.54, 1.807) is 0 Å². The number of hydrogen-bond acceptors (Lipinski definition) is 0. The summed E-state index contributed by atoms with van der Waals surface area (Å²) in [5.41, 5.74) is 7.90. The fourth-order valence-corrected chi connectivity index (χ4v) is 4.92. The first kappa shape index (κ1) is 32.7. The van der Waals surface area contributed by atoms with Gasteiger partial charge >= 0.3 is 53.4 Å². The number of hydrogen-bond donors (Lipinski definition) is 0. The van der Waals surface area contributed by atoms with E-state index in [0.717, 1.165) is 0 Å². The van der Waals surface area contributed by atoms with Crippen molar-refractivity contribution in [3.63, 3.8) is 0 Å². The molecule has 0 unspecified atom stereocenters. The fourth-order valence-electron chi connectivity index (χ4n) is 4.92. The molecule has 0 nitrogen and oxygen atoms in total. The van der Waals surface area contributed by atoms with Crippen LogP contribution >= 0.6 is 17.2 Å². The van der Waals surface area contributed by atoms with Gasteiger partial charge in [-0.15, -0.1) is 69.1 Å². The molecule has 0 amide bonds. The SMILES string of the molecule is CC(C)c1cc2c(-c3ccccc3)cccc2[cH-]1.CC(C)c1cc2c(-c3ccccc3)cccc2[cH-]1.C[Si](C)=[Hf]([Cl])[Cl]. The van der Waals surface area contributed by atoms with Crippen molar-refractivity contribution in [1.82, 2.24) is 0 Å². The standard InChI is InChI=1S/2C18H17.C2H6Si.2ClH.Hf/c2*1-13(2)16-11-15-9-6-10-17(18(15)12-16)14-7-4-3-5-8-14;1-3-2;;;/h2*3-13H,1-2H3;1-2H3;2*1H;/q2*-1;;;;+2/p-2. The molecule has 0 N–H and O–H groups in total. The number of rotatable bonds is 4. The van der Waals surface area contributed by atoms with Crippen LogP contribution in [0.4, 0.5) is 0 Å². The third-order valence-electron chi connectivity index (χ3n) is 7.43. The second-order valence-electron chi connectivity index (χ2n) is 11.5. The zero-order valence-corrected chi connectivity index (χ0v) is 31.6. The van der Waals surface area contributed by atoms with Gasteiger partial charge in [-0.05, 0) is 23.0 Å². The van der Waals surface area contributed by atoms with Crippen molar-refractivity contribution in [2.45, 2.75) is 52.6 Å². The fraction of sp³-hybridized carbons (Fsp3) is 0.211. The second-order valence-corrected chi connectivity index (χ2v) is 43.2. The summed E-state index contributed by atoms with van der Waals surface area (Å²) in [6.07, 6.45) is 0. The van der Waals surface area contributed by atoms with Gasteiger partial charge in [0, 0.05) is 0 Å². The Hall–Kier alpha value is -2.23. The van der Waals surface area contributed by atoms with Gasteiger partial charge in [0.25, 0.3) is 0 Å². The average molecular weight is 774 g/mol. The van der Waals surface area contributed by atoms with Gasteiger partial charge < -0.3 is 0 Å². The van der Waals surface area contributed by atoms with E-state index in [9.17, 15) is 0 Å². The zero-order chi connectivity index (χ0) is 30.2. The van der Waals surface area contributed by atoms with Crippen molar-refractivity contribution >= 4 is 44.2 Å². The minimum absolute atomic E-state index is 0.208. The van der Waals surface area contributed by atoms with Gasteiger partial charge in [-0.2, -0.15) is 12.1 Å². The summed E-state index contributed by atoms with van der Waals surface area (Å²) in [4.78, 5) is 0. The first-order valence-corrected chi connectivity index (χ1v) is 31.4. The van der Waals surface area contributed by atoms with Gasteiger partial charge in [0.15, 0.2) is 0 Å². The molecule has 6 aromatic rings. The Morgan fingerprint density at radius 1 is 0.548 bits per heavy atom. The zero-order valence-electron chi connectivity index (χ0n) is 25.5. The van der Waals surface area contributed by atoms with Gasteiger partial charge in [0.1, 0.15) is 0 Å². The van der Waals surface area contributed by atoms with Gasteiger partial charge in [-0.25, -0.2) is 0 Å². The molecule has 0 radical (unpaired) electrons. The molecule has 0 spiro atoms. The molecule has 0 heterocycles. The van der Waals surface area contributed by atoms with Crippen molar-refractivity contribution < 1.29 is 17.7 Å². The van der Waals surface area contributed by atoms with Crippen LogP contribution in [-0.4, -0.2) is 5.49 Å². The Kier molecular flexibility index (Phi) is 12.0. The molecule has 0 aromatic heterocycles. The van der Waals surface area contributed by atoms with Crippen molar-refractivity contribution in [3.05, 3.63) is 132 Å². The number of halogens is 2. The molecule has 0 aliphatic heterocycles. The Morgan fingerprint density at radius 2 is 0.905 bits per heavy atom. The van der Waals surface area contributed by atoms with E-state index in [1.807, 2.05) is 0 Å². The van der Waals surface area contributed by atoms with E-state index in [0.29, 0.717) is 11.8 Å². The molecule has 6 aromatic carbocycles. The maximum atomic E-state index is 5.64. The monoisotopic (exact) mass is 774 g/mol. The van der Waals surface area contributed by atoms with E-state index in [-0.39, 0.29) is 5.49 Å². The van der Waals surface area contributed by atoms with Gasteiger partial charge in [-0.3, -0.25) is 0 Å². The molecule has 6 rings (SSSR count). The Morgan fingerprint density at radius 3 is 1.21 bits per heavy atom. The average Bonchev–Trinajstić information content (AvgIpc) is 3.64. The van der Waals surface area contributed by atoms with E-state index in [4.69, 9.17) is 17.2 Å². The van der Waals surface area contributed by atoms with Gasteiger partial charge in [0.05, 0.1) is 0 Å². The summed E-state index contributed by atoms with van der Waals surface area (Å²) in [5, 5.41) is 5.43. The molecule has 0 aliphatic rings. The van der Waals surface area contributed by atoms with Crippen molar-refractivity contribution in [2.75, 3.05) is 0 Å². The van der Waals surface area contributed by atoms with Gasteiger partial charge in [-0.1, -0.05) is 112 Å². The summed E-state index contributed by atoms with van der Waals surface area (Å²) in [5.74, 6) is 1.17. The van der Waals surface area contributed by atoms with Crippen LogP contribution < -0.4 is 0 Å². The van der Waals surface area contributed by atoms with Crippen molar-refractivity contribution in [3.8, 4) is 22.3 Å². The molecule has 42 heavy (non-hydrogen) atoms. The first-order valence-electron chi connectivity index (χ1n) is 14.6. The quantitative estimate of drug-likeness (QED) is 0.124. The van der Waals surface area contributed by atoms with Crippen LogP contribution in [0.2, 0.25) is 13.1 Å². The van der Waals surface area contributed by atoms with Crippen molar-refractivity contribution in [1.29, 1.82) is 0 Å². The third kappa shape index (κ3) is 8.44. The molecule has 4 heteroatoms. The molecule has 0 saturated carbocycles. The summed E-state index contributed by atoms with van der Waals surface area (Å²) < 4.78 is 0. The summed E-state index contributed by atoms with van der Waals surface area (Å²) in [6.45, 7) is 13.3. The molecular weight excluding hydrogens is 734 g/mol. The van der Waals surface area contributed by atoms with E-state index < -0.39 is 17.7 Å². The molecule has 0 saturated heterocycles. The van der Waals surface area contributed by atoms with Crippen LogP contribution in [0.3, 0.4) is 0 Å². The molecule has 0 atom stereocenters. The first-order chi connectivity index (χ1) is 20.2. The van der Waals surface area contributed by atoms with Crippen LogP contribution in [0.15, 0.2) is 121 Å². The Bertz CT molecular complexity index is 1620. The third-order valence-corrected chi connectivity index (χ3v) is 34.9. The molecule has 0 fully saturated rings. The van der Waals surface area contributed by atoms with E-state index in [1.165, 1.54) is 54.9 Å². The van der Waals surface area contributed by atoms with Crippen LogP contribution in [0.5, 0.6) is 0 Å². The predicted octanol–water partition coefficient (Wildman–Crippen LogP) is 12.9. The molecular formula is C38H40Cl2HfSi-2. The van der Waals surface area contributed by atoms with Gasteiger partial charge in [0.2, 0.25) is 0 Å². The van der Waals surface area contributed by atoms with E-state index in [2.05, 4.69) is 162 Å². The summed E-state index contributed by atoms with van der Waals surface area (Å²) >= 11 is -1.78. The molecule has 0 bridgehead atoms. The number of fused-ring (bicyclic) bond motifs is 2. The normalized spacial score (nSPS) is 10.8. The summed E-state index contributed by atoms with van der Waals surface area (Å²) in [6, 6.07) is 43.6. The Labute approximate surface area is 267 Å². The van der Waals surface area contributed by atoms with Crippen LogP contribution in [0, 0.1) is 0 Å². The summed E-state index contributed by atoms with van der Waals surface area (Å²) in [7, 11) is 11.3. The predicted molar refractivity (Wildman–Crippen MR) is 187 cm³/mol. The van der Waals surface area contributed by atoms with Crippen LogP contribution in [0.25, 0.3) is 43.8 Å². The minimum atomic E-state index is -1.78. The topological polar surface area (TPSA) is 0 Å². The molecule has 0 aliphatic carbocycles. The molecule has 216 valence electrons. The maximum absolute atomic E-state index is 5.64. The van der Waals surface area contributed by atoms with Crippen molar-refractivity contribution in [2.24, 2.45) is 0 Å². The van der Waals surface area contributed by atoms with Crippen LogP contribution in [-0.2, 0) is 17.7 Å². The second kappa shape index (κ2) is 15.5. The Balaban J connectivity index is 0.000000162. The van der Waals surface area contributed by atoms with Crippen LogP contribution in [0.1, 0.15) is 50.7 Å². The van der Waals surface area contributed by atoms with E-state index >= 15 is 0 Å².